The number of rotatable bonds is 8. The maximum absolute atomic E-state index is 12.3. The fourth-order valence-corrected chi connectivity index (χ4v) is 3.84. The van der Waals surface area contributed by atoms with Crippen molar-refractivity contribution in [2.75, 3.05) is 33.2 Å². The van der Waals surface area contributed by atoms with E-state index in [0.29, 0.717) is 36.1 Å². The summed E-state index contributed by atoms with van der Waals surface area (Å²) >= 11 is 5.92. The molecule has 0 aliphatic carbocycles. The van der Waals surface area contributed by atoms with Crippen molar-refractivity contribution < 1.29 is 9.21 Å². The van der Waals surface area contributed by atoms with E-state index < -0.39 is 0 Å². The average Bonchev–Trinajstić information content (AvgIpc) is 3.28. The van der Waals surface area contributed by atoms with E-state index in [-0.39, 0.29) is 5.91 Å². The number of benzene rings is 2. The zero-order chi connectivity index (χ0) is 22.3. The number of aromatic nitrogens is 1. The minimum atomic E-state index is -0.0160. The van der Waals surface area contributed by atoms with Crippen LogP contribution < -0.4 is 5.32 Å². The van der Waals surface area contributed by atoms with Gasteiger partial charge in [0, 0.05) is 62.7 Å². The van der Waals surface area contributed by atoms with Gasteiger partial charge in [0.1, 0.15) is 0 Å². The van der Waals surface area contributed by atoms with E-state index in [9.17, 15) is 4.79 Å². The van der Waals surface area contributed by atoms with Gasteiger partial charge < -0.3 is 14.6 Å². The maximum atomic E-state index is 12.3. The number of likely N-dealkylation sites (N-methyl/N-ethyl adjacent to an activating group) is 1. The molecule has 4 rings (SSSR count). The molecule has 2 aromatic carbocycles. The van der Waals surface area contributed by atoms with E-state index in [0.717, 1.165) is 43.9 Å². The summed E-state index contributed by atoms with van der Waals surface area (Å²) in [4.78, 5) is 21.4. The Morgan fingerprint density at radius 1 is 1.03 bits per heavy atom. The Bertz CT molecular complexity index is 1010. The number of aryl methyl sites for hydroxylation is 1. The highest BCUT2D eigenvalue weighted by Crippen LogP contribution is 2.22. The molecular formula is C25H29ClN4O2. The van der Waals surface area contributed by atoms with Crippen molar-refractivity contribution in [3.63, 3.8) is 0 Å². The lowest BCUT2D eigenvalue weighted by Crippen LogP contribution is -2.43. The molecule has 32 heavy (non-hydrogen) atoms. The molecule has 1 aromatic heterocycles. The topological polar surface area (TPSA) is 61.6 Å². The third-order valence-corrected chi connectivity index (χ3v) is 6.01. The smallest absolute Gasteiger partial charge is 0.220 e. The molecule has 168 valence electrons. The number of carbonyl (C=O) groups excluding carboxylic acids is 1. The summed E-state index contributed by atoms with van der Waals surface area (Å²) in [6, 6.07) is 15.9. The molecule has 0 saturated carbocycles. The third-order valence-electron chi connectivity index (χ3n) is 5.76. The van der Waals surface area contributed by atoms with Gasteiger partial charge >= 0.3 is 0 Å². The van der Waals surface area contributed by atoms with Gasteiger partial charge in [-0.1, -0.05) is 35.9 Å². The van der Waals surface area contributed by atoms with Crippen molar-refractivity contribution in [1.29, 1.82) is 0 Å². The molecule has 1 N–H and O–H groups in total. The number of nitrogens with zero attached hydrogens (tertiary/aromatic N) is 3. The van der Waals surface area contributed by atoms with Gasteiger partial charge in [-0.25, -0.2) is 4.98 Å². The number of carbonyl (C=O) groups is 1. The van der Waals surface area contributed by atoms with Gasteiger partial charge in [0.15, 0.2) is 11.7 Å². The minimum Gasteiger partial charge on any atom is -0.441 e. The highest BCUT2D eigenvalue weighted by molar-refractivity contribution is 6.30. The molecule has 2 heterocycles. The summed E-state index contributed by atoms with van der Waals surface area (Å²) in [6.45, 7) is 5.98. The first kappa shape index (κ1) is 22.5. The zero-order valence-corrected chi connectivity index (χ0v) is 19.1. The molecule has 1 saturated heterocycles. The van der Waals surface area contributed by atoms with E-state index in [1.807, 2.05) is 24.3 Å². The van der Waals surface area contributed by atoms with Gasteiger partial charge in [-0.15, -0.1) is 0 Å². The number of nitrogens with one attached hydrogen (secondary N) is 1. The molecule has 0 atom stereocenters. The summed E-state index contributed by atoms with van der Waals surface area (Å²) in [5.41, 5.74) is 3.32. The standard InChI is InChI=1S/C25H29ClN4O2/c1-29-12-14-30(15-13-29)18-20-4-2-19(3-5-20)16-27-24(31)10-11-25-28-17-23(32-25)21-6-8-22(26)9-7-21/h2-9,17H,10-16,18H2,1H3,(H,27,31). The Morgan fingerprint density at radius 3 is 2.44 bits per heavy atom. The Kier molecular flexibility index (Phi) is 7.58. The second-order valence-corrected chi connectivity index (χ2v) is 8.73. The van der Waals surface area contributed by atoms with Gasteiger partial charge in [0.25, 0.3) is 0 Å². The Morgan fingerprint density at radius 2 is 1.72 bits per heavy atom. The molecule has 0 spiro atoms. The third kappa shape index (κ3) is 6.42. The fraction of sp³-hybridized carbons (Fsp3) is 0.360. The number of piperazine rings is 1. The SMILES string of the molecule is CN1CCN(Cc2ccc(CNC(=O)CCc3ncc(-c4ccc(Cl)cc4)o3)cc2)CC1. The van der Waals surface area contributed by atoms with Crippen LogP contribution in [-0.4, -0.2) is 53.9 Å². The van der Waals surface area contributed by atoms with Crippen LogP contribution in [-0.2, 0) is 24.3 Å². The van der Waals surface area contributed by atoms with Gasteiger partial charge in [0.2, 0.25) is 5.91 Å². The summed E-state index contributed by atoms with van der Waals surface area (Å²) < 4.78 is 5.76. The van der Waals surface area contributed by atoms with Gasteiger partial charge in [-0.05, 0) is 42.4 Å². The first-order valence-electron chi connectivity index (χ1n) is 11.0. The van der Waals surface area contributed by atoms with Crippen molar-refractivity contribution >= 4 is 17.5 Å². The van der Waals surface area contributed by atoms with Gasteiger partial charge in [-0.2, -0.15) is 0 Å². The summed E-state index contributed by atoms with van der Waals surface area (Å²) in [7, 11) is 2.17. The van der Waals surface area contributed by atoms with Crippen LogP contribution in [0.15, 0.2) is 59.1 Å². The Hall–Kier alpha value is -2.67. The van der Waals surface area contributed by atoms with Crippen LogP contribution in [0.25, 0.3) is 11.3 Å². The molecule has 1 amide bonds. The fourth-order valence-electron chi connectivity index (χ4n) is 3.71. The van der Waals surface area contributed by atoms with Crippen LogP contribution in [0.4, 0.5) is 0 Å². The lowest BCUT2D eigenvalue weighted by atomic mass is 10.1. The van der Waals surface area contributed by atoms with E-state index in [1.54, 1.807) is 6.20 Å². The van der Waals surface area contributed by atoms with Gasteiger partial charge in [-0.3, -0.25) is 9.69 Å². The second kappa shape index (κ2) is 10.8. The molecule has 0 bridgehead atoms. The predicted molar refractivity (Wildman–Crippen MR) is 126 cm³/mol. The summed E-state index contributed by atoms with van der Waals surface area (Å²) in [6.07, 6.45) is 2.48. The second-order valence-electron chi connectivity index (χ2n) is 8.30. The largest absolute Gasteiger partial charge is 0.441 e. The number of halogens is 1. The average molecular weight is 453 g/mol. The normalized spacial score (nSPS) is 15.1. The minimum absolute atomic E-state index is 0.0160. The van der Waals surface area contributed by atoms with Crippen LogP contribution in [0.3, 0.4) is 0 Å². The van der Waals surface area contributed by atoms with Gasteiger partial charge in [0.05, 0.1) is 6.20 Å². The lowest BCUT2D eigenvalue weighted by Gasteiger charge is -2.32. The first-order valence-corrected chi connectivity index (χ1v) is 11.4. The van der Waals surface area contributed by atoms with Crippen LogP contribution in [0.2, 0.25) is 5.02 Å². The monoisotopic (exact) mass is 452 g/mol. The highest BCUT2D eigenvalue weighted by Gasteiger charge is 2.14. The van der Waals surface area contributed by atoms with Crippen molar-refractivity contribution in [1.82, 2.24) is 20.1 Å². The zero-order valence-electron chi connectivity index (χ0n) is 18.4. The Labute approximate surface area is 194 Å². The number of oxazole rings is 1. The van der Waals surface area contributed by atoms with Crippen molar-refractivity contribution in [3.8, 4) is 11.3 Å². The van der Waals surface area contributed by atoms with Crippen LogP contribution in [0.5, 0.6) is 0 Å². The lowest BCUT2D eigenvalue weighted by molar-refractivity contribution is -0.121. The Balaban J connectivity index is 1.19. The van der Waals surface area contributed by atoms with E-state index >= 15 is 0 Å². The molecule has 1 aliphatic rings. The van der Waals surface area contributed by atoms with Crippen LogP contribution in [0, 0.1) is 0 Å². The molecule has 3 aromatic rings. The van der Waals surface area contributed by atoms with Crippen molar-refractivity contribution in [3.05, 3.63) is 76.8 Å². The van der Waals surface area contributed by atoms with Crippen molar-refractivity contribution in [2.45, 2.75) is 25.9 Å². The number of hydrogen-bond donors (Lipinski definition) is 1. The van der Waals surface area contributed by atoms with E-state index in [1.165, 1.54) is 5.56 Å². The molecule has 0 unspecified atom stereocenters. The summed E-state index contributed by atoms with van der Waals surface area (Å²) in [5, 5.41) is 3.66. The number of amides is 1. The van der Waals surface area contributed by atoms with Crippen LogP contribution in [0.1, 0.15) is 23.4 Å². The maximum Gasteiger partial charge on any atom is 0.220 e. The molecule has 7 heteroatoms. The highest BCUT2D eigenvalue weighted by atomic mass is 35.5. The summed E-state index contributed by atoms with van der Waals surface area (Å²) in [5.74, 6) is 1.21. The predicted octanol–water partition coefficient (Wildman–Crippen LogP) is 3.99. The molecule has 6 nitrogen and oxygen atoms in total. The number of hydrogen-bond acceptors (Lipinski definition) is 5. The molecular weight excluding hydrogens is 424 g/mol. The van der Waals surface area contributed by atoms with Crippen molar-refractivity contribution in [2.24, 2.45) is 0 Å². The van der Waals surface area contributed by atoms with Crippen LogP contribution >= 0.6 is 11.6 Å². The van der Waals surface area contributed by atoms with E-state index in [2.05, 4.69) is 51.4 Å². The first-order chi connectivity index (χ1) is 15.5. The molecule has 0 radical (unpaired) electrons. The quantitative estimate of drug-likeness (QED) is 0.560. The van der Waals surface area contributed by atoms with E-state index in [4.69, 9.17) is 16.0 Å². The molecule has 1 fully saturated rings. The molecule has 1 aliphatic heterocycles.